The fourth-order valence-corrected chi connectivity index (χ4v) is 12.2. The van der Waals surface area contributed by atoms with Crippen molar-refractivity contribution in [2.45, 2.75) is 0 Å². The summed E-state index contributed by atoms with van der Waals surface area (Å²) in [6.07, 6.45) is 0. The smallest absolute Gasteiger partial charge is 0.140 e. The van der Waals surface area contributed by atoms with Gasteiger partial charge >= 0.3 is 0 Å². The molecule has 192 valence electrons. The Morgan fingerprint density at radius 2 is 0.878 bits per heavy atom. The summed E-state index contributed by atoms with van der Waals surface area (Å²) in [5.74, 6) is 3.32. The Labute approximate surface area is 241 Å². The molecular formula is C36H20NO2PS. The largest absolute Gasteiger partial charge is 0.456 e. The van der Waals surface area contributed by atoms with E-state index < -0.39 is 6.04 Å². The van der Waals surface area contributed by atoms with E-state index >= 15 is 0 Å². The van der Waals surface area contributed by atoms with Crippen molar-refractivity contribution in [1.82, 2.24) is 0 Å². The van der Waals surface area contributed by atoms with Crippen molar-refractivity contribution in [3.8, 4) is 23.0 Å². The van der Waals surface area contributed by atoms with Crippen LogP contribution < -0.4 is 30.3 Å². The topological polar surface area (TPSA) is 21.7 Å². The van der Waals surface area contributed by atoms with Crippen LogP contribution in [0.25, 0.3) is 32.3 Å². The maximum Gasteiger partial charge on any atom is 0.140 e. The van der Waals surface area contributed by atoms with Crippen LogP contribution in [0.1, 0.15) is 0 Å². The van der Waals surface area contributed by atoms with Crippen molar-refractivity contribution in [3.05, 3.63) is 121 Å². The first-order valence-corrected chi connectivity index (χ1v) is 16.5. The first kappa shape index (κ1) is 22.1. The lowest BCUT2D eigenvalue weighted by molar-refractivity contribution is 0.466. The molecule has 0 saturated carbocycles. The Balaban J connectivity index is 1.32. The van der Waals surface area contributed by atoms with Crippen molar-refractivity contribution in [1.29, 1.82) is 0 Å². The molecular weight excluding hydrogens is 541 g/mol. The molecule has 0 saturated heterocycles. The summed E-state index contributed by atoms with van der Waals surface area (Å²) in [5, 5.41) is 10.8. The molecule has 0 unspecified atom stereocenters. The highest BCUT2D eigenvalue weighted by atomic mass is 32.4. The molecule has 5 heteroatoms. The Morgan fingerprint density at radius 1 is 0.439 bits per heavy atom. The van der Waals surface area contributed by atoms with Crippen LogP contribution in [-0.4, -0.2) is 0 Å². The van der Waals surface area contributed by atoms with Crippen LogP contribution in [-0.2, 0) is 11.8 Å². The van der Waals surface area contributed by atoms with Gasteiger partial charge in [-0.1, -0.05) is 84.6 Å². The van der Waals surface area contributed by atoms with E-state index in [1.165, 1.54) is 32.3 Å². The van der Waals surface area contributed by atoms with Crippen molar-refractivity contribution in [2.75, 3.05) is 4.90 Å². The number of hydrogen-bond donors (Lipinski definition) is 0. The summed E-state index contributed by atoms with van der Waals surface area (Å²) >= 11 is 6.81. The summed E-state index contributed by atoms with van der Waals surface area (Å²) in [4.78, 5) is 2.36. The van der Waals surface area contributed by atoms with Gasteiger partial charge in [-0.25, -0.2) is 0 Å². The third-order valence-electron chi connectivity index (χ3n) is 8.77. The molecule has 10 rings (SSSR count). The Kier molecular flexibility index (Phi) is 4.07. The Bertz CT molecular complexity index is 2260. The maximum absolute atomic E-state index is 6.81. The highest BCUT2D eigenvalue weighted by Gasteiger charge is 2.49. The minimum absolute atomic E-state index is 0.813. The molecule has 3 heterocycles. The van der Waals surface area contributed by atoms with Crippen LogP contribution in [0.15, 0.2) is 121 Å². The quantitative estimate of drug-likeness (QED) is 0.147. The van der Waals surface area contributed by atoms with Gasteiger partial charge in [0.2, 0.25) is 0 Å². The molecule has 0 spiro atoms. The van der Waals surface area contributed by atoms with E-state index in [2.05, 4.69) is 108 Å². The number of ether oxygens (including phenoxy) is 2. The van der Waals surface area contributed by atoms with Crippen LogP contribution in [0.5, 0.6) is 23.0 Å². The summed E-state index contributed by atoms with van der Waals surface area (Å²) in [6.45, 7) is 0. The summed E-state index contributed by atoms with van der Waals surface area (Å²) in [5.41, 5.74) is 3.26. The van der Waals surface area contributed by atoms with E-state index in [9.17, 15) is 0 Å². The van der Waals surface area contributed by atoms with Crippen LogP contribution in [0.4, 0.5) is 17.1 Å². The van der Waals surface area contributed by atoms with Crippen molar-refractivity contribution in [3.63, 3.8) is 0 Å². The van der Waals surface area contributed by atoms with Gasteiger partial charge in [0.1, 0.15) is 23.0 Å². The normalized spacial score (nSPS) is 15.0. The highest BCUT2D eigenvalue weighted by Crippen LogP contribution is 2.65. The molecule has 41 heavy (non-hydrogen) atoms. The number of fused-ring (bicyclic) bond motifs is 6. The average molecular weight is 562 g/mol. The van der Waals surface area contributed by atoms with Gasteiger partial charge in [-0.05, 0) is 80.8 Å². The van der Waals surface area contributed by atoms with Crippen molar-refractivity contribution >= 4 is 83.1 Å². The van der Waals surface area contributed by atoms with Gasteiger partial charge in [0, 0.05) is 5.69 Å². The van der Waals surface area contributed by atoms with Crippen LogP contribution in [0, 0.1) is 0 Å². The van der Waals surface area contributed by atoms with Gasteiger partial charge < -0.3 is 14.4 Å². The molecule has 7 aromatic rings. The van der Waals surface area contributed by atoms with Crippen LogP contribution in [0.2, 0.25) is 0 Å². The van der Waals surface area contributed by atoms with E-state index in [4.69, 9.17) is 21.3 Å². The molecule has 0 aromatic heterocycles. The molecule has 0 aliphatic carbocycles. The molecule has 0 amide bonds. The lowest BCUT2D eigenvalue weighted by atomic mass is 9.94. The van der Waals surface area contributed by atoms with Crippen LogP contribution in [0.3, 0.4) is 0 Å². The third kappa shape index (κ3) is 2.63. The zero-order chi connectivity index (χ0) is 26.9. The van der Waals surface area contributed by atoms with E-state index in [0.717, 1.165) is 56.0 Å². The van der Waals surface area contributed by atoms with E-state index in [1.54, 1.807) is 0 Å². The minimum Gasteiger partial charge on any atom is -0.456 e. The second-order valence-corrected chi connectivity index (χ2v) is 15.0. The first-order chi connectivity index (χ1) is 20.2. The monoisotopic (exact) mass is 561 g/mol. The summed E-state index contributed by atoms with van der Waals surface area (Å²) in [7, 11) is 0. The molecule has 0 N–H and O–H groups in total. The fraction of sp³-hybridized carbons (Fsp3) is 0. The van der Waals surface area contributed by atoms with Crippen molar-refractivity contribution in [2.24, 2.45) is 0 Å². The molecule has 7 aromatic carbocycles. The third-order valence-corrected chi connectivity index (χ3v) is 13.6. The van der Waals surface area contributed by atoms with Gasteiger partial charge in [0.05, 0.1) is 33.3 Å². The van der Waals surface area contributed by atoms with E-state index in [-0.39, 0.29) is 0 Å². The van der Waals surface area contributed by atoms with Gasteiger partial charge in [-0.2, -0.15) is 0 Å². The molecule has 0 bridgehead atoms. The second kappa shape index (κ2) is 7.55. The zero-order valence-corrected chi connectivity index (χ0v) is 23.4. The van der Waals surface area contributed by atoms with Gasteiger partial charge in [-0.3, -0.25) is 0 Å². The molecule has 0 fully saturated rings. The highest BCUT2D eigenvalue weighted by molar-refractivity contribution is 8.26. The average Bonchev–Trinajstić information content (AvgIpc) is 3.01. The first-order valence-electron chi connectivity index (χ1n) is 13.7. The molecule has 0 radical (unpaired) electrons. The Morgan fingerprint density at radius 3 is 1.41 bits per heavy atom. The van der Waals surface area contributed by atoms with Gasteiger partial charge in [0.15, 0.2) is 0 Å². The predicted octanol–water partition coefficient (Wildman–Crippen LogP) is 8.90. The standard InChI is InChI=1S/C36H20NO2PS/c41-40-34-28-12-5-14-30(34)38-32-16-7-17-33(36(32)40)39-31-15-6-13-29(35(31)40)37(28)21-18-19-26-24-10-2-1-8-22(24)23-9-3-4-11-25(23)27(26)20-21/h1-20H. The number of anilines is 3. The lowest BCUT2D eigenvalue weighted by Crippen LogP contribution is -2.42. The van der Waals surface area contributed by atoms with E-state index in [0.29, 0.717) is 0 Å². The van der Waals surface area contributed by atoms with Gasteiger partial charge in [0.25, 0.3) is 0 Å². The minimum atomic E-state index is -2.42. The number of rotatable bonds is 1. The maximum atomic E-state index is 6.81. The summed E-state index contributed by atoms with van der Waals surface area (Å²) in [6, 6.07) is 40.5. The lowest BCUT2D eigenvalue weighted by Gasteiger charge is -2.45. The SMILES string of the molecule is S=P12c3c4cccc3Oc3cccc(c31)N(c1ccc3c5ccccc5c5ccccc5c3c1)c1cccc(c12)O4. The fourth-order valence-electron chi connectivity index (χ4n) is 7.17. The van der Waals surface area contributed by atoms with Gasteiger partial charge in [-0.15, -0.1) is 0 Å². The summed E-state index contributed by atoms with van der Waals surface area (Å²) < 4.78 is 13.1. The Hall–Kier alpha value is -4.63. The number of nitrogens with zero attached hydrogens (tertiary/aromatic N) is 1. The molecule has 3 aliphatic rings. The zero-order valence-electron chi connectivity index (χ0n) is 21.7. The predicted molar refractivity (Wildman–Crippen MR) is 173 cm³/mol. The molecule has 3 nitrogen and oxygen atoms in total. The van der Waals surface area contributed by atoms with Crippen LogP contribution >= 0.6 is 6.04 Å². The van der Waals surface area contributed by atoms with E-state index in [1.807, 2.05) is 18.2 Å². The second-order valence-electron chi connectivity index (χ2n) is 10.8. The van der Waals surface area contributed by atoms with Crippen molar-refractivity contribution < 1.29 is 9.47 Å². The number of hydrogen-bond acceptors (Lipinski definition) is 4. The molecule has 0 atom stereocenters. The number of benzene rings is 7. The molecule has 3 aliphatic heterocycles.